The third kappa shape index (κ3) is 4.18. The summed E-state index contributed by atoms with van der Waals surface area (Å²) in [5.74, 6) is 3.19. The molecule has 4 rings (SSSR count). The third-order valence-electron chi connectivity index (χ3n) is 4.87. The summed E-state index contributed by atoms with van der Waals surface area (Å²) in [7, 11) is 0. The lowest BCUT2D eigenvalue weighted by Gasteiger charge is -2.21. The summed E-state index contributed by atoms with van der Waals surface area (Å²) < 4.78 is 6.42. The Labute approximate surface area is 173 Å². The van der Waals surface area contributed by atoms with Crippen molar-refractivity contribution in [3.8, 4) is 0 Å². The van der Waals surface area contributed by atoms with E-state index < -0.39 is 0 Å². The van der Waals surface area contributed by atoms with Crippen molar-refractivity contribution in [3.63, 3.8) is 0 Å². The molecule has 1 fully saturated rings. The molecule has 4 nitrogen and oxygen atoms in total. The van der Waals surface area contributed by atoms with E-state index in [4.69, 9.17) is 4.42 Å². The Balaban J connectivity index is 1.43. The maximum absolute atomic E-state index is 12.5. The number of thioether (sulfide) groups is 2. The summed E-state index contributed by atoms with van der Waals surface area (Å²) in [6.07, 6.45) is 1.27. The van der Waals surface area contributed by atoms with E-state index in [0.717, 1.165) is 28.0 Å². The first-order chi connectivity index (χ1) is 13.6. The van der Waals surface area contributed by atoms with Crippen molar-refractivity contribution in [1.29, 1.82) is 0 Å². The van der Waals surface area contributed by atoms with Crippen molar-refractivity contribution < 1.29 is 9.21 Å². The average molecular weight is 413 g/mol. The van der Waals surface area contributed by atoms with Crippen LogP contribution in [0.5, 0.6) is 0 Å². The zero-order valence-corrected chi connectivity index (χ0v) is 17.7. The molecule has 1 aliphatic heterocycles. The fraction of sp³-hybridized carbons (Fsp3) is 0.318. The minimum absolute atomic E-state index is 0.222. The van der Waals surface area contributed by atoms with Crippen molar-refractivity contribution in [3.05, 3.63) is 65.4 Å². The Morgan fingerprint density at radius 3 is 2.71 bits per heavy atom. The maximum atomic E-state index is 12.5. The molecule has 1 aliphatic rings. The molecule has 2 aromatic carbocycles. The van der Waals surface area contributed by atoms with Crippen LogP contribution in [0.15, 0.2) is 52.9 Å². The van der Waals surface area contributed by atoms with Gasteiger partial charge in [0.05, 0.1) is 10.6 Å². The van der Waals surface area contributed by atoms with Crippen molar-refractivity contribution in [2.75, 3.05) is 16.8 Å². The van der Waals surface area contributed by atoms with E-state index in [1.165, 1.54) is 23.5 Å². The number of para-hydroxylation sites is 1. The Kier molecular flexibility index (Phi) is 5.87. The number of urea groups is 1. The number of hydrogen-bond acceptors (Lipinski definition) is 4. The number of carbonyl (C=O) groups is 1. The normalized spacial score (nSPS) is 16.1. The first kappa shape index (κ1) is 19.3. The van der Waals surface area contributed by atoms with Gasteiger partial charge in [-0.3, -0.25) is 0 Å². The van der Waals surface area contributed by atoms with Gasteiger partial charge in [-0.2, -0.15) is 0 Å². The molecule has 1 atom stereocenters. The lowest BCUT2D eigenvalue weighted by Crippen LogP contribution is -2.31. The molecular weight excluding hydrogens is 388 g/mol. The van der Waals surface area contributed by atoms with Gasteiger partial charge in [0.25, 0.3) is 0 Å². The van der Waals surface area contributed by atoms with Crippen molar-refractivity contribution in [2.45, 2.75) is 30.9 Å². The van der Waals surface area contributed by atoms with Crippen LogP contribution in [0.2, 0.25) is 0 Å². The van der Waals surface area contributed by atoms with Gasteiger partial charge in [-0.1, -0.05) is 30.3 Å². The van der Waals surface area contributed by atoms with Crippen LogP contribution in [0.25, 0.3) is 11.0 Å². The van der Waals surface area contributed by atoms with Gasteiger partial charge in [0.15, 0.2) is 0 Å². The van der Waals surface area contributed by atoms with Crippen LogP contribution in [-0.2, 0) is 0 Å². The maximum Gasteiger partial charge on any atom is 0.319 e. The monoisotopic (exact) mass is 412 g/mol. The van der Waals surface area contributed by atoms with E-state index in [-0.39, 0.29) is 12.1 Å². The molecule has 0 unspecified atom stereocenters. The molecule has 1 saturated heterocycles. The number of hydrogen-bond donors (Lipinski definition) is 2. The van der Waals surface area contributed by atoms with Gasteiger partial charge in [0, 0.05) is 16.6 Å². The summed E-state index contributed by atoms with van der Waals surface area (Å²) in [5.41, 5.74) is 3.99. The number of rotatable bonds is 4. The lowest BCUT2D eigenvalue weighted by molar-refractivity contribution is 0.248. The number of carbonyl (C=O) groups excluding carboxylic acids is 1. The number of nitrogens with one attached hydrogen (secondary N) is 2. The van der Waals surface area contributed by atoms with Gasteiger partial charge in [-0.05, 0) is 55.5 Å². The van der Waals surface area contributed by atoms with Crippen LogP contribution in [0, 0.1) is 6.92 Å². The molecule has 1 aromatic heterocycles. The van der Waals surface area contributed by atoms with E-state index >= 15 is 0 Å². The summed E-state index contributed by atoms with van der Waals surface area (Å²) in [5, 5.41) is 7.04. The minimum atomic E-state index is -0.228. The summed E-state index contributed by atoms with van der Waals surface area (Å²) in [4.78, 5) is 12.5. The topological polar surface area (TPSA) is 54.3 Å². The van der Waals surface area contributed by atoms with Gasteiger partial charge in [-0.15, -0.1) is 23.5 Å². The SMILES string of the molecule is Cc1c([C@H](C)NC(=O)Nc2cccc(C3SCCCS3)c2)oc2ccccc12. The molecule has 2 heterocycles. The van der Waals surface area contributed by atoms with Crippen LogP contribution in [0.3, 0.4) is 0 Å². The zero-order valence-electron chi connectivity index (χ0n) is 16.0. The third-order valence-corrected chi connectivity index (χ3v) is 7.88. The van der Waals surface area contributed by atoms with E-state index in [9.17, 15) is 4.79 Å². The predicted octanol–water partition coefficient (Wildman–Crippen LogP) is 6.49. The average Bonchev–Trinajstić information content (AvgIpc) is 3.06. The summed E-state index contributed by atoms with van der Waals surface area (Å²) >= 11 is 3.96. The number of benzene rings is 2. The molecule has 3 aromatic rings. The molecule has 0 saturated carbocycles. The highest BCUT2D eigenvalue weighted by molar-refractivity contribution is 8.16. The van der Waals surface area contributed by atoms with Crippen LogP contribution in [0.4, 0.5) is 10.5 Å². The lowest BCUT2D eigenvalue weighted by atomic mass is 10.1. The van der Waals surface area contributed by atoms with Crippen LogP contribution in [0.1, 0.15) is 40.9 Å². The van der Waals surface area contributed by atoms with Crippen LogP contribution in [-0.4, -0.2) is 17.5 Å². The fourth-order valence-corrected chi connectivity index (χ4v) is 6.35. The molecule has 2 amide bonds. The quantitative estimate of drug-likeness (QED) is 0.514. The highest BCUT2D eigenvalue weighted by atomic mass is 32.2. The molecule has 0 radical (unpaired) electrons. The standard InChI is InChI=1S/C22H24N2O2S2/c1-14-18-9-3-4-10-19(18)26-20(14)15(2)23-22(25)24-17-8-5-7-16(13-17)21-27-11-6-12-28-21/h3-5,7-10,13,15,21H,6,11-12H2,1-2H3,(H2,23,24,25)/t15-/m0/s1. The Morgan fingerprint density at radius 2 is 1.93 bits per heavy atom. The Bertz CT molecular complexity index is 980. The number of anilines is 1. The first-order valence-corrected chi connectivity index (χ1v) is 11.6. The molecule has 0 bridgehead atoms. The molecule has 146 valence electrons. The number of fused-ring (bicyclic) bond motifs is 1. The first-order valence-electron chi connectivity index (χ1n) is 9.50. The Morgan fingerprint density at radius 1 is 1.14 bits per heavy atom. The van der Waals surface area contributed by atoms with E-state index in [1.54, 1.807) is 0 Å². The minimum Gasteiger partial charge on any atom is -0.459 e. The van der Waals surface area contributed by atoms with Crippen molar-refractivity contribution in [2.24, 2.45) is 0 Å². The second kappa shape index (κ2) is 8.53. The number of amides is 2. The molecule has 2 N–H and O–H groups in total. The number of aryl methyl sites for hydroxylation is 1. The highest BCUT2D eigenvalue weighted by Crippen LogP contribution is 2.44. The molecular formula is C22H24N2O2S2. The van der Waals surface area contributed by atoms with Crippen molar-refractivity contribution in [1.82, 2.24) is 5.32 Å². The molecule has 0 aliphatic carbocycles. The van der Waals surface area contributed by atoms with E-state index in [0.29, 0.717) is 4.58 Å². The summed E-state index contributed by atoms with van der Waals surface area (Å²) in [6, 6.07) is 15.6. The second-order valence-corrected chi connectivity index (χ2v) is 9.68. The second-order valence-electron chi connectivity index (χ2n) is 6.96. The predicted molar refractivity (Wildman–Crippen MR) is 120 cm³/mol. The van der Waals surface area contributed by atoms with Crippen LogP contribution < -0.4 is 10.6 Å². The summed E-state index contributed by atoms with van der Waals surface area (Å²) in [6.45, 7) is 3.97. The molecule has 0 spiro atoms. The zero-order chi connectivity index (χ0) is 19.5. The van der Waals surface area contributed by atoms with Gasteiger partial charge in [0.2, 0.25) is 0 Å². The van der Waals surface area contributed by atoms with Gasteiger partial charge in [0.1, 0.15) is 11.3 Å². The largest absolute Gasteiger partial charge is 0.459 e. The Hall–Kier alpha value is -2.05. The van der Waals surface area contributed by atoms with Crippen molar-refractivity contribution >= 4 is 46.2 Å². The van der Waals surface area contributed by atoms with E-state index in [2.05, 4.69) is 22.8 Å². The van der Waals surface area contributed by atoms with Crippen LogP contribution >= 0.6 is 23.5 Å². The highest BCUT2D eigenvalue weighted by Gasteiger charge is 2.19. The molecule has 6 heteroatoms. The van der Waals surface area contributed by atoms with E-state index in [1.807, 2.05) is 73.8 Å². The van der Waals surface area contributed by atoms with Gasteiger partial charge >= 0.3 is 6.03 Å². The van der Waals surface area contributed by atoms with Gasteiger partial charge in [-0.25, -0.2) is 4.79 Å². The molecule has 28 heavy (non-hydrogen) atoms. The fourth-order valence-electron chi connectivity index (χ4n) is 3.48. The number of furan rings is 1. The smallest absolute Gasteiger partial charge is 0.319 e. The van der Waals surface area contributed by atoms with Gasteiger partial charge < -0.3 is 15.1 Å².